The van der Waals surface area contributed by atoms with Crippen molar-refractivity contribution in [1.29, 1.82) is 0 Å². The van der Waals surface area contributed by atoms with Crippen LogP contribution in [0.4, 0.5) is 5.69 Å². The molecule has 0 saturated carbocycles. The van der Waals surface area contributed by atoms with Crippen LogP contribution in [0.15, 0.2) is 48.5 Å². The summed E-state index contributed by atoms with van der Waals surface area (Å²) in [6.07, 6.45) is 0. The highest BCUT2D eigenvalue weighted by Gasteiger charge is 2.14. The van der Waals surface area contributed by atoms with Crippen molar-refractivity contribution in [3.63, 3.8) is 0 Å². The first kappa shape index (κ1) is 19.9. The molecule has 2 aromatic carbocycles. The van der Waals surface area contributed by atoms with Crippen molar-refractivity contribution >= 4 is 34.8 Å². The van der Waals surface area contributed by atoms with Gasteiger partial charge in [0.2, 0.25) is 0 Å². The number of rotatable bonds is 6. The van der Waals surface area contributed by atoms with Crippen LogP contribution in [0.5, 0.6) is 17.5 Å². The molecule has 3 rings (SSSR count). The van der Waals surface area contributed by atoms with Crippen LogP contribution in [0.3, 0.4) is 0 Å². The predicted molar refractivity (Wildman–Crippen MR) is 109 cm³/mol. The van der Waals surface area contributed by atoms with E-state index in [2.05, 4.69) is 15.3 Å². The standard InChI is InChI=1S/C20H17Cl2N3O3/c1-12-19(13(2)24-20(23-12)28-15-6-4-3-5-7-15)25-18(26)11-27-17-9-8-14(21)10-16(17)22/h3-10H,11H2,1-2H3,(H,25,26). The van der Waals surface area contributed by atoms with Crippen molar-refractivity contribution in [3.8, 4) is 17.5 Å². The fourth-order valence-corrected chi connectivity index (χ4v) is 2.88. The second-order valence-corrected chi connectivity index (χ2v) is 6.72. The van der Waals surface area contributed by atoms with E-state index in [9.17, 15) is 4.79 Å². The molecule has 1 N–H and O–H groups in total. The summed E-state index contributed by atoms with van der Waals surface area (Å²) in [5.41, 5.74) is 1.67. The molecule has 0 saturated heterocycles. The Bertz CT molecular complexity index is 974. The molecule has 0 aliphatic carbocycles. The molecule has 8 heteroatoms. The zero-order valence-corrected chi connectivity index (χ0v) is 16.7. The topological polar surface area (TPSA) is 73.3 Å². The number of nitrogens with zero attached hydrogens (tertiary/aromatic N) is 2. The summed E-state index contributed by atoms with van der Waals surface area (Å²) >= 11 is 11.9. The Balaban J connectivity index is 1.65. The van der Waals surface area contributed by atoms with E-state index < -0.39 is 0 Å². The summed E-state index contributed by atoms with van der Waals surface area (Å²) in [6, 6.07) is 14.2. The summed E-state index contributed by atoms with van der Waals surface area (Å²) in [5.74, 6) is 0.640. The Kier molecular flexibility index (Phi) is 6.34. The number of hydrogen-bond acceptors (Lipinski definition) is 5. The van der Waals surface area contributed by atoms with Crippen molar-refractivity contribution in [2.45, 2.75) is 13.8 Å². The Morgan fingerprint density at radius 1 is 1.04 bits per heavy atom. The van der Waals surface area contributed by atoms with Crippen LogP contribution >= 0.6 is 23.2 Å². The van der Waals surface area contributed by atoms with Crippen LogP contribution < -0.4 is 14.8 Å². The van der Waals surface area contributed by atoms with Gasteiger partial charge in [0.05, 0.1) is 22.1 Å². The summed E-state index contributed by atoms with van der Waals surface area (Å²) in [4.78, 5) is 20.9. The fourth-order valence-electron chi connectivity index (χ4n) is 2.42. The maximum absolute atomic E-state index is 12.3. The van der Waals surface area contributed by atoms with E-state index in [4.69, 9.17) is 32.7 Å². The second-order valence-electron chi connectivity index (χ2n) is 5.88. The quantitative estimate of drug-likeness (QED) is 0.595. The molecule has 1 amide bonds. The van der Waals surface area contributed by atoms with Crippen molar-refractivity contribution in [1.82, 2.24) is 9.97 Å². The number of hydrogen-bond donors (Lipinski definition) is 1. The lowest BCUT2D eigenvalue weighted by Crippen LogP contribution is -2.22. The average molecular weight is 418 g/mol. The molecular formula is C20H17Cl2N3O3. The smallest absolute Gasteiger partial charge is 0.322 e. The minimum Gasteiger partial charge on any atom is -0.482 e. The van der Waals surface area contributed by atoms with Crippen LogP contribution in [0.25, 0.3) is 0 Å². The zero-order chi connectivity index (χ0) is 20.1. The minimum absolute atomic E-state index is 0.211. The molecular weight excluding hydrogens is 401 g/mol. The number of nitrogens with one attached hydrogen (secondary N) is 1. The van der Waals surface area contributed by atoms with Crippen molar-refractivity contribution < 1.29 is 14.3 Å². The van der Waals surface area contributed by atoms with Gasteiger partial charge in [0.15, 0.2) is 6.61 Å². The van der Waals surface area contributed by atoms with Gasteiger partial charge in [-0.15, -0.1) is 0 Å². The molecule has 6 nitrogen and oxygen atoms in total. The molecule has 0 aliphatic heterocycles. The first-order chi connectivity index (χ1) is 13.4. The molecule has 0 unspecified atom stereocenters. The highest BCUT2D eigenvalue weighted by atomic mass is 35.5. The van der Waals surface area contributed by atoms with Gasteiger partial charge in [-0.1, -0.05) is 41.4 Å². The van der Waals surface area contributed by atoms with Crippen LogP contribution in [-0.2, 0) is 4.79 Å². The fraction of sp³-hybridized carbons (Fsp3) is 0.150. The van der Waals surface area contributed by atoms with Crippen molar-refractivity contribution in [3.05, 3.63) is 70.0 Å². The van der Waals surface area contributed by atoms with Gasteiger partial charge in [-0.05, 0) is 44.2 Å². The van der Waals surface area contributed by atoms with Gasteiger partial charge in [0.25, 0.3) is 5.91 Å². The van der Waals surface area contributed by atoms with Crippen LogP contribution in [0, 0.1) is 13.8 Å². The number of aryl methyl sites for hydroxylation is 2. The Labute approximate surface area is 172 Å². The monoisotopic (exact) mass is 417 g/mol. The first-order valence-corrected chi connectivity index (χ1v) is 9.14. The number of carbonyl (C=O) groups is 1. The van der Waals surface area contributed by atoms with E-state index in [1.165, 1.54) is 0 Å². The minimum atomic E-state index is -0.363. The van der Waals surface area contributed by atoms with Crippen molar-refractivity contribution in [2.24, 2.45) is 0 Å². The third-order valence-electron chi connectivity index (χ3n) is 3.72. The maximum atomic E-state index is 12.3. The molecule has 0 spiro atoms. The lowest BCUT2D eigenvalue weighted by molar-refractivity contribution is -0.118. The molecule has 144 valence electrons. The lowest BCUT2D eigenvalue weighted by atomic mass is 10.3. The summed E-state index contributed by atoms with van der Waals surface area (Å²) in [7, 11) is 0. The van der Waals surface area contributed by atoms with Gasteiger partial charge in [0.1, 0.15) is 11.5 Å². The molecule has 3 aromatic rings. The van der Waals surface area contributed by atoms with Crippen LogP contribution in [0.1, 0.15) is 11.4 Å². The van der Waals surface area contributed by atoms with E-state index in [1.807, 2.05) is 30.3 Å². The van der Waals surface area contributed by atoms with E-state index in [0.717, 1.165) is 0 Å². The molecule has 0 fully saturated rings. The molecule has 0 atom stereocenters. The van der Waals surface area contributed by atoms with E-state index in [-0.39, 0.29) is 18.5 Å². The van der Waals surface area contributed by atoms with E-state index in [1.54, 1.807) is 32.0 Å². The summed E-state index contributed by atoms with van der Waals surface area (Å²) in [5, 5.41) is 3.58. The number of aromatic nitrogens is 2. The molecule has 1 aromatic heterocycles. The highest BCUT2D eigenvalue weighted by molar-refractivity contribution is 6.35. The third-order valence-corrected chi connectivity index (χ3v) is 4.25. The Hall–Kier alpha value is -2.83. The first-order valence-electron chi connectivity index (χ1n) is 8.38. The van der Waals surface area contributed by atoms with Gasteiger partial charge in [-0.2, -0.15) is 9.97 Å². The SMILES string of the molecule is Cc1nc(Oc2ccccc2)nc(C)c1NC(=O)COc1ccc(Cl)cc1Cl. The number of anilines is 1. The second kappa shape index (κ2) is 8.91. The van der Waals surface area contributed by atoms with Crippen LogP contribution in [0.2, 0.25) is 10.0 Å². The number of halogens is 2. The molecule has 0 aliphatic rings. The lowest BCUT2D eigenvalue weighted by Gasteiger charge is -2.13. The van der Waals surface area contributed by atoms with E-state index in [0.29, 0.717) is 38.6 Å². The predicted octanol–water partition coefficient (Wildman–Crippen LogP) is 5.21. The number of benzene rings is 2. The van der Waals surface area contributed by atoms with Gasteiger partial charge in [0, 0.05) is 5.02 Å². The largest absolute Gasteiger partial charge is 0.482 e. The van der Waals surface area contributed by atoms with E-state index >= 15 is 0 Å². The van der Waals surface area contributed by atoms with Gasteiger partial charge in [-0.25, -0.2) is 0 Å². The third kappa shape index (κ3) is 5.12. The molecule has 28 heavy (non-hydrogen) atoms. The molecule has 1 heterocycles. The molecule has 0 radical (unpaired) electrons. The number of para-hydroxylation sites is 1. The summed E-state index contributed by atoms with van der Waals surface area (Å²) < 4.78 is 11.1. The van der Waals surface area contributed by atoms with Crippen LogP contribution in [-0.4, -0.2) is 22.5 Å². The normalized spacial score (nSPS) is 10.4. The Morgan fingerprint density at radius 2 is 1.71 bits per heavy atom. The number of amides is 1. The van der Waals surface area contributed by atoms with Gasteiger partial charge in [-0.3, -0.25) is 4.79 Å². The zero-order valence-electron chi connectivity index (χ0n) is 15.2. The van der Waals surface area contributed by atoms with Crippen molar-refractivity contribution in [2.75, 3.05) is 11.9 Å². The van der Waals surface area contributed by atoms with Gasteiger partial charge >= 0.3 is 6.01 Å². The Morgan fingerprint density at radius 3 is 2.36 bits per heavy atom. The highest BCUT2D eigenvalue weighted by Crippen LogP contribution is 2.28. The maximum Gasteiger partial charge on any atom is 0.322 e. The molecule has 0 bridgehead atoms. The number of carbonyl (C=O) groups excluding carboxylic acids is 1. The summed E-state index contributed by atoms with van der Waals surface area (Å²) in [6.45, 7) is 3.31. The number of ether oxygens (including phenoxy) is 2. The van der Waals surface area contributed by atoms with Gasteiger partial charge < -0.3 is 14.8 Å². The average Bonchev–Trinajstić information content (AvgIpc) is 2.65.